The minimum absolute atomic E-state index is 0.706. The van der Waals surface area contributed by atoms with Crippen LogP contribution in [0.2, 0.25) is 0 Å². The maximum absolute atomic E-state index is 5.84. The number of nitrogens with one attached hydrogen (secondary N) is 1. The van der Waals surface area contributed by atoms with Gasteiger partial charge >= 0.3 is 0 Å². The largest absolute Gasteiger partial charge is 0.383 e. The molecule has 0 atom stereocenters. The summed E-state index contributed by atoms with van der Waals surface area (Å²) in [5, 5.41) is 4.74. The maximum Gasteiger partial charge on any atom is 0.142 e. The Morgan fingerprint density at radius 3 is 2.69 bits per heavy atom. The highest BCUT2D eigenvalue weighted by molar-refractivity contribution is 7.10. The van der Waals surface area contributed by atoms with Crippen molar-refractivity contribution in [1.29, 1.82) is 0 Å². The number of anilines is 2. The van der Waals surface area contributed by atoms with Crippen molar-refractivity contribution >= 4 is 22.4 Å². The van der Waals surface area contributed by atoms with Gasteiger partial charge < -0.3 is 11.1 Å². The van der Waals surface area contributed by atoms with E-state index in [1.54, 1.807) is 0 Å². The lowest BCUT2D eigenvalue weighted by atomic mass is 10.2. The molecule has 13 heavy (non-hydrogen) atoms. The third-order valence-electron chi connectivity index (χ3n) is 2.65. The minimum Gasteiger partial charge on any atom is -0.383 e. The van der Waals surface area contributed by atoms with E-state index in [0.29, 0.717) is 12.0 Å². The average molecular weight is 195 g/mol. The molecule has 2 fully saturated rings. The Morgan fingerprint density at radius 1 is 1.31 bits per heavy atom. The molecule has 1 aromatic rings. The summed E-state index contributed by atoms with van der Waals surface area (Å²) in [6.45, 7) is 0. The molecule has 2 saturated carbocycles. The fourth-order valence-electron chi connectivity index (χ4n) is 1.59. The molecule has 0 spiro atoms. The van der Waals surface area contributed by atoms with Crippen LogP contribution >= 0.6 is 11.5 Å². The lowest BCUT2D eigenvalue weighted by Gasteiger charge is -2.03. The van der Waals surface area contributed by atoms with Gasteiger partial charge in [-0.3, -0.25) is 0 Å². The zero-order chi connectivity index (χ0) is 8.84. The number of nitrogens with zero attached hydrogens (tertiary/aromatic N) is 1. The Balaban J connectivity index is 1.88. The second kappa shape index (κ2) is 2.61. The lowest BCUT2D eigenvalue weighted by molar-refractivity contribution is 1.10. The van der Waals surface area contributed by atoms with E-state index < -0.39 is 0 Å². The van der Waals surface area contributed by atoms with Crippen molar-refractivity contribution in [2.45, 2.75) is 37.6 Å². The van der Waals surface area contributed by atoms with Crippen LogP contribution in [0.3, 0.4) is 0 Å². The van der Waals surface area contributed by atoms with Crippen molar-refractivity contribution in [2.75, 3.05) is 11.1 Å². The summed E-state index contributed by atoms with van der Waals surface area (Å²) in [6, 6.07) is 0.706. The predicted octanol–water partition coefficient (Wildman–Crippen LogP) is 2.18. The van der Waals surface area contributed by atoms with Crippen molar-refractivity contribution in [3.8, 4) is 0 Å². The molecule has 4 heteroatoms. The molecule has 3 N–H and O–H groups in total. The number of nitrogens with two attached hydrogens (primary N) is 1. The van der Waals surface area contributed by atoms with Gasteiger partial charge in [-0.1, -0.05) is 0 Å². The van der Waals surface area contributed by atoms with Crippen molar-refractivity contribution in [2.24, 2.45) is 0 Å². The Labute approximate surface area is 81.5 Å². The molecule has 0 radical (unpaired) electrons. The van der Waals surface area contributed by atoms with Crippen molar-refractivity contribution < 1.29 is 0 Å². The average Bonchev–Trinajstić information content (AvgIpc) is 2.95. The van der Waals surface area contributed by atoms with Crippen LogP contribution in [0.25, 0.3) is 0 Å². The van der Waals surface area contributed by atoms with Crippen LogP contribution in [-0.2, 0) is 0 Å². The number of rotatable bonds is 3. The number of hydrogen-bond acceptors (Lipinski definition) is 4. The van der Waals surface area contributed by atoms with Gasteiger partial charge in [0.1, 0.15) is 10.8 Å². The van der Waals surface area contributed by atoms with Crippen LogP contribution in [-0.4, -0.2) is 10.4 Å². The number of hydrogen-bond donors (Lipinski definition) is 2. The van der Waals surface area contributed by atoms with Crippen molar-refractivity contribution in [3.63, 3.8) is 0 Å². The third-order valence-corrected chi connectivity index (χ3v) is 3.46. The van der Waals surface area contributed by atoms with Crippen molar-refractivity contribution in [3.05, 3.63) is 5.56 Å². The van der Waals surface area contributed by atoms with Crippen LogP contribution in [0, 0.1) is 0 Å². The Bertz CT molecular complexity index is 326. The second-order valence-electron chi connectivity index (χ2n) is 4.00. The molecule has 2 aliphatic rings. The highest BCUT2D eigenvalue weighted by Crippen LogP contribution is 2.48. The van der Waals surface area contributed by atoms with E-state index >= 15 is 0 Å². The quantitative estimate of drug-likeness (QED) is 0.777. The summed E-state index contributed by atoms with van der Waals surface area (Å²) in [5.41, 5.74) is 7.14. The predicted molar refractivity (Wildman–Crippen MR) is 55.1 cm³/mol. The van der Waals surface area contributed by atoms with Gasteiger partial charge in [0.2, 0.25) is 0 Å². The molecule has 0 bridgehead atoms. The molecule has 2 aliphatic carbocycles. The van der Waals surface area contributed by atoms with Crippen molar-refractivity contribution in [1.82, 2.24) is 4.37 Å². The first-order chi connectivity index (χ1) is 6.34. The Hall–Kier alpha value is -0.770. The fraction of sp³-hybridized carbons (Fsp3) is 0.667. The second-order valence-corrected chi connectivity index (χ2v) is 4.78. The van der Waals surface area contributed by atoms with E-state index in [0.717, 1.165) is 5.82 Å². The minimum atomic E-state index is 0.706. The summed E-state index contributed by atoms with van der Waals surface area (Å²) in [5.74, 6) is 1.47. The fourth-order valence-corrected chi connectivity index (χ4v) is 2.47. The first-order valence-corrected chi connectivity index (χ1v) is 5.63. The third kappa shape index (κ3) is 1.39. The monoisotopic (exact) mass is 195 g/mol. The maximum atomic E-state index is 5.84. The Morgan fingerprint density at radius 2 is 2.08 bits per heavy atom. The van der Waals surface area contributed by atoms with Gasteiger partial charge in [-0.25, -0.2) is 0 Å². The van der Waals surface area contributed by atoms with Gasteiger partial charge in [-0.15, -0.1) is 0 Å². The van der Waals surface area contributed by atoms with E-state index in [1.165, 1.54) is 47.8 Å². The molecule has 0 amide bonds. The van der Waals surface area contributed by atoms with Crippen LogP contribution in [0.15, 0.2) is 0 Å². The summed E-state index contributed by atoms with van der Waals surface area (Å²) in [6.07, 6.45) is 5.20. The lowest BCUT2D eigenvalue weighted by Crippen LogP contribution is -2.01. The molecule has 70 valence electrons. The van der Waals surface area contributed by atoms with Gasteiger partial charge in [0, 0.05) is 11.6 Å². The molecule has 3 rings (SSSR count). The van der Waals surface area contributed by atoms with E-state index in [4.69, 9.17) is 5.73 Å². The highest BCUT2D eigenvalue weighted by Gasteiger charge is 2.32. The SMILES string of the molecule is Nc1nsc(NC2CC2)c1C1CC1. The standard InChI is InChI=1S/C9H13N3S/c10-8-7(5-1-2-5)9(13-12-8)11-6-3-4-6/h5-6,11H,1-4H2,(H2,10,12). The number of nitrogen functional groups attached to an aromatic ring is 1. The van der Waals surface area contributed by atoms with Crippen LogP contribution < -0.4 is 11.1 Å². The molecule has 1 heterocycles. The first kappa shape index (κ1) is 7.62. The highest BCUT2D eigenvalue weighted by atomic mass is 32.1. The van der Waals surface area contributed by atoms with E-state index in [9.17, 15) is 0 Å². The van der Waals surface area contributed by atoms with Gasteiger partial charge in [0.15, 0.2) is 0 Å². The number of aromatic nitrogens is 1. The van der Waals surface area contributed by atoms with Gasteiger partial charge in [0.25, 0.3) is 0 Å². The van der Waals surface area contributed by atoms with Crippen LogP contribution in [0.1, 0.15) is 37.2 Å². The normalized spacial score (nSPS) is 21.8. The smallest absolute Gasteiger partial charge is 0.142 e. The molecule has 3 nitrogen and oxygen atoms in total. The molecule has 0 aromatic carbocycles. The van der Waals surface area contributed by atoms with Gasteiger partial charge in [-0.2, -0.15) is 4.37 Å². The summed E-state index contributed by atoms with van der Waals surface area (Å²) in [7, 11) is 0. The summed E-state index contributed by atoms with van der Waals surface area (Å²) < 4.78 is 4.22. The van der Waals surface area contributed by atoms with Crippen LogP contribution in [0.5, 0.6) is 0 Å². The van der Waals surface area contributed by atoms with Crippen LogP contribution in [0.4, 0.5) is 10.8 Å². The summed E-state index contributed by atoms with van der Waals surface area (Å²) in [4.78, 5) is 0. The Kier molecular flexibility index (Phi) is 1.53. The van der Waals surface area contributed by atoms with E-state index in [2.05, 4.69) is 9.69 Å². The van der Waals surface area contributed by atoms with Gasteiger partial charge in [0.05, 0.1) is 0 Å². The molecular formula is C9H13N3S. The van der Waals surface area contributed by atoms with E-state index in [-0.39, 0.29) is 0 Å². The van der Waals surface area contributed by atoms with E-state index in [1.807, 2.05) is 0 Å². The summed E-state index contributed by atoms with van der Waals surface area (Å²) >= 11 is 1.53. The zero-order valence-electron chi connectivity index (χ0n) is 7.42. The molecule has 0 unspecified atom stereocenters. The zero-order valence-corrected chi connectivity index (χ0v) is 8.23. The molecule has 0 saturated heterocycles. The topological polar surface area (TPSA) is 50.9 Å². The molecule has 0 aliphatic heterocycles. The molecular weight excluding hydrogens is 182 g/mol. The first-order valence-electron chi connectivity index (χ1n) is 4.86. The molecule has 1 aromatic heterocycles. The van der Waals surface area contributed by atoms with Gasteiger partial charge in [-0.05, 0) is 43.1 Å².